The minimum absolute atomic E-state index is 0.153. The lowest BCUT2D eigenvalue weighted by molar-refractivity contribution is 0.102. The SMILES string of the molecule is Cc1ccc(-c2cncc(C(=O)Nc3ccc(C)c(C)c3)c2)cc1. The third-order valence-electron chi connectivity index (χ3n) is 4.15. The van der Waals surface area contributed by atoms with Gasteiger partial charge in [-0.25, -0.2) is 0 Å². The van der Waals surface area contributed by atoms with Crippen LogP contribution < -0.4 is 5.32 Å². The number of hydrogen-bond donors (Lipinski definition) is 1. The molecule has 3 nitrogen and oxygen atoms in total. The van der Waals surface area contributed by atoms with Gasteiger partial charge in [-0.15, -0.1) is 0 Å². The molecule has 0 spiro atoms. The van der Waals surface area contributed by atoms with Crippen LogP contribution in [-0.4, -0.2) is 10.9 Å². The molecule has 3 heteroatoms. The predicted molar refractivity (Wildman–Crippen MR) is 98.3 cm³/mol. The number of aryl methyl sites for hydroxylation is 3. The van der Waals surface area contributed by atoms with Crippen LogP contribution in [0.25, 0.3) is 11.1 Å². The Morgan fingerprint density at radius 3 is 2.29 bits per heavy atom. The van der Waals surface area contributed by atoms with Crippen LogP contribution >= 0.6 is 0 Å². The molecule has 2 aromatic carbocycles. The number of hydrogen-bond acceptors (Lipinski definition) is 2. The highest BCUT2D eigenvalue weighted by molar-refractivity contribution is 6.04. The number of amides is 1. The van der Waals surface area contributed by atoms with Crippen molar-refractivity contribution in [3.05, 3.63) is 83.2 Å². The van der Waals surface area contributed by atoms with Crippen molar-refractivity contribution in [1.82, 2.24) is 4.98 Å². The number of rotatable bonds is 3. The van der Waals surface area contributed by atoms with Gasteiger partial charge in [0.25, 0.3) is 5.91 Å². The summed E-state index contributed by atoms with van der Waals surface area (Å²) in [5.41, 5.74) is 6.89. The van der Waals surface area contributed by atoms with Gasteiger partial charge < -0.3 is 5.32 Å². The van der Waals surface area contributed by atoms with Crippen molar-refractivity contribution in [3.8, 4) is 11.1 Å². The molecule has 0 fully saturated rings. The summed E-state index contributed by atoms with van der Waals surface area (Å²) in [6.07, 6.45) is 3.37. The van der Waals surface area contributed by atoms with Gasteiger partial charge >= 0.3 is 0 Å². The van der Waals surface area contributed by atoms with E-state index in [0.717, 1.165) is 22.4 Å². The molecule has 0 unspecified atom stereocenters. The average molecular weight is 316 g/mol. The molecule has 3 rings (SSSR count). The maximum absolute atomic E-state index is 12.5. The first-order chi connectivity index (χ1) is 11.5. The number of benzene rings is 2. The lowest BCUT2D eigenvalue weighted by atomic mass is 10.0. The highest BCUT2D eigenvalue weighted by Gasteiger charge is 2.09. The molecule has 24 heavy (non-hydrogen) atoms. The fourth-order valence-electron chi connectivity index (χ4n) is 2.49. The molecule has 0 aliphatic heterocycles. The smallest absolute Gasteiger partial charge is 0.257 e. The Morgan fingerprint density at radius 2 is 1.58 bits per heavy atom. The third-order valence-corrected chi connectivity index (χ3v) is 4.15. The van der Waals surface area contributed by atoms with Crippen LogP contribution in [0, 0.1) is 20.8 Å². The molecular weight excluding hydrogens is 296 g/mol. The molecule has 0 aliphatic carbocycles. The van der Waals surface area contributed by atoms with E-state index in [0.29, 0.717) is 5.56 Å². The van der Waals surface area contributed by atoms with Crippen molar-refractivity contribution >= 4 is 11.6 Å². The lowest BCUT2D eigenvalue weighted by Crippen LogP contribution is -2.12. The van der Waals surface area contributed by atoms with Gasteiger partial charge in [0.15, 0.2) is 0 Å². The molecule has 3 aromatic rings. The van der Waals surface area contributed by atoms with Crippen LogP contribution in [0.1, 0.15) is 27.0 Å². The van der Waals surface area contributed by atoms with Crippen LogP contribution in [0.5, 0.6) is 0 Å². The van der Waals surface area contributed by atoms with Crippen LogP contribution in [0.2, 0.25) is 0 Å². The summed E-state index contributed by atoms with van der Waals surface area (Å²) in [5.74, 6) is -0.153. The van der Waals surface area contributed by atoms with Gasteiger partial charge in [0.05, 0.1) is 5.56 Å². The first-order valence-electron chi connectivity index (χ1n) is 7.93. The van der Waals surface area contributed by atoms with E-state index in [9.17, 15) is 4.79 Å². The molecule has 0 radical (unpaired) electrons. The number of anilines is 1. The van der Waals surface area contributed by atoms with E-state index in [1.807, 2.05) is 43.3 Å². The molecule has 0 bridgehead atoms. The Hall–Kier alpha value is -2.94. The molecule has 1 amide bonds. The highest BCUT2D eigenvalue weighted by atomic mass is 16.1. The van der Waals surface area contributed by atoms with Gasteiger partial charge in [0.2, 0.25) is 0 Å². The average Bonchev–Trinajstić information content (AvgIpc) is 2.59. The molecule has 120 valence electrons. The summed E-state index contributed by atoms with van der Waals surface area (Å²) < 4.78 is 0. The van der Waals surface area contributed by atoms with Crippen molar-refractivity contribution in [2.75, 3.05) is 5.32 Å². The Bertz CT molecular complexity index is 883. The van der Waals surface area contributed by atoms with Gasteiger partial charge in [-0.1, -0.05) is 35.9 Å². The quantitative estimate of drug-likeness (QED) is 0.744. The molecule has 0 aliphatic rings. The summed E-state index contributed by atoms with van der Waals surface area (Å²) in [6.45, 7) is 6.13. The van der Waals surface area contributed by atoms with E-state index in [1.165, 1.54) is 11.1 Å². The largest absolute Gasteiger partial charge is 0.322 e. The molecule has 0 saturated carbocycles. The molecule has 0 saturated heterocycles. The molecule has 0 atom stereocenters. The number of nitrogens with zero attached hydrogens (tertiary/aromatic N) is 1. The van der Waals surface area contributed by atoms with Gasteiger partial charge in [-0.2, -0.15) is 0 Å². The zero-order valence-corrected chi connectivity index (χ0v) is 14.1. The van der Waals surface area contributed by atoms with Gasteiger partial charge in [-0.05, 0) is 55.7 Å². The van der Waals surface area contributed by atoms with Gasteiger partial charge in [-0.3, -0.25) is 9.78 Å². The summed E-state index contributed by atoms with van der Waals surface area (Å²) >= 11 is 0. The van der Waals surface area contributed by atoms with Gasteiger partial charge in [0.1, 0.15) is 0 Å². The second-order valence-corrected chi connectivity index (χ2v) is 6.08. The number of aromatic nitrogens is 1. The first kappa shape index (κ1) is 15.9. The maximum Gasteiger partial charge on any atom is 0.257 e. The number of carbonyl (C=O) groups excluding carboxylic acids is 1. The van der Waals surface area contributed by atoms with Crippen molar-refractivity contribution in [2.24, 2.45) is 0 Å². The van der Waals surface area contributed by atoms with Crippen LogP contribution in [0.4, 0.5) is 5.69 Å². The standard InChI is InChI=1S/C21H20N2O/c1-14-4-7-17(8-5-14)18-11-19(13-22-12-18)21(24)23-20-9-6-15(2)16(3)10-20/h4-13H,1-3H3,(H,23,24). The molecule has 1 aromatic heterocycles. The van der Waals surface area contributed by atoms with Crippen molar-refractivity contribution in [3.63, 3.8) is 0 Å². The van der Waals surface area contributed by atoms with Crippen molar-refractivity contribution < 1.29 is 4.79 Å². The first-order valence-corrected chi connectivity index (χ1v) is 7.93. The fourth-order valence-corrected chi connectivity index (χ4v) is 2.49. The summed E-state index contributed by atoms with van der Waals surface area (Å²) in [6, 6.07) is 15.9. The highest BCUT2D eigenvalue weighted by Crippen LogP contribution is 2.21. The second kappa shape index (κ2) is 6.67. The van der Waals surface area contributed by atoms with Crippen LogP contribution in [0.3, 0.4) is 0 Å². The van der Waals surface area contributed by atoms with Gasteiger partial charge in [0, 0.05) is 23.6 Å². The number of pyridine rings is 1. The fraction of sp³-hybridized carbons (Fsp3) is 0.143. The Labute approximate surface area is 142 Å². The zero-order chi connectivity index (χ0) is 17.1. The second-order valence-electron chi connectivity index (χ2n) is 6.08. The normalized spacial score (nSPS) is 10.5. The molecule has 1 heterocycles. The van der Waals surface area contributed by atoms with E-state index in [4.69, 9.17) is 0 Å². The van der Waals surface area contributed by atoms with E-state index in [1.54, 1.807) is 12.4 Å². The van der Waals surface area contributed by atoms with Crippen LogP contribution in [0.15, 0.2) is 60.9 Å². The monoisotopic (exact) mass is 316 g/mol. The summed E-state index contributed by atoms with van der Waals surface area (Å²) in [4.78, 5) is 16.7. The third kappa shape index (κ3) is 3.51. The van der Waals surface area contributed by atoms with E-state index < -0.39 is 0 Å². The molecular formula is C21H20N2O. The molecule has 1 N–H and O–H groups in total. The lowest BCUT2D eigenvalue weighted by Gasteiger charge is -2.09. The van der Waals surface area contributed by atoms with Crippen molar-refractivity contribution in [2.45, 2.75) is 20.8 Å². The topological polar surface area (TPSA) is 42.0 Å². The Morgan fingerprint density at radius 1 is 0.833 bits per heavy atom. The number of carbonyl (C=O) groups is 1. The minimum Gasteiger partial charge on any atom is -0.322 e. The zero-order valence-electron chi connectivity index (χ0n) is 14.1. The van der Waals surface area contributed by atoms with Crippen molar-refractivity contribution in [1.29, 1.82) is 0 Å². The summed E-state index contributed by atoms with van der Waals surface area (Å²) in [7, 11) is 0. The van der Waals surface area contributed by atoms with E-state index in [-0.39, 0.29) is 5.91 Å². The van der Waals surface area contributed by atoms with E-state index in [2.05, 4.69) is 36.3 Å². The summed E-state index contributed by atoms with van der Waals surface area (Å²) in [5, 5.41) is 2.94. The predicted octanol–water partition coefficient (Wildman–Crippen LogP) is 4.93. The van der Waals surface area contributed by atoms with E-state index >= 15 is 0 Å². The minimum atomic E-state index is -0.153. The number of nitrogens with one attached hydrogen (secondary N) is 1. The maximum atomic E-state index is 12.5. The Kier molecular flexibility index (Phi) is 4.43. The Balaban J connectivity index is 1.83. The van der Waals surface area contributed by atoms with Crippen LogP contribution in [-0.2, 0) is 0 Å².